The number of esters is 1. The summed E-state index contributed by atoms with van der Waals surface area (Å²) in [4.78, 5) is 25.2. The summed E-state index contributed by atoms with van der Waals surface area (Å²) in [5, 5.41) is 31.7. The Morgan fingerprint density at radius 1 is 1.28 bits per heavy atom. The minimum absolute atomic E-state index is 0.0576. The first kappa shape index (κ1) is 15.8. The van der Waals surface area contributed by atoms with Crippen LogP contribution in [0.25, 0.3) is 0 Å². The molecule has 1 saturated heterocycles. The van der Waals surface area contributed by atoms with Crippen LogP contribution in [0.2, 0.25) is 0 Å². The number of hydrogen-bond acceptors (Lipinski definition) is 5. The molecule has 0 amide bonds. The Hall–Kier alpha value is -1.40. The fourth-order valence-corrected chi connectivity index (χ4v) is 7.63. The van der Waals surface area contributed by atoms with Crippen LogP contribution in [0.3, 0.4) is 0 Å². The van der Waals surface area contributed by atoms with Gasteiger partial charge in [-0.25, -0.2) is 0 Å². The molecule has 6 nitrogen and oxygen atoms in total. The number of carbonyl (C=O) groups excluding carboxylic acids is 1. The highest BCUT2D eigenvalue weighted by Crippen LogP contribution is 2.77. The maximum Gasteiger partial charge on any atom is 0.315 e. The average Bonchev–Trinajstić information content (AvgIpc) is 3.01. The molecular weight excluding hydrogens is 324 g/mol. The number of carboxylic acid groups (broad SMARTS) is 1. The predicted octanol–water partition coefficient (Wildman–Crippen LogP) is 1.11. The van der Waals surface area contributed by atoms with Gasteiger partial charge < -0.3 is 20.1 Å². The molecule has 4 bridgehead atoms. The van der Waals surface area contributed by atoms with Crippen LogP contribution >= 0.6 is 0 Å². The predicted molar refractivity (Wildman–Crippen MR) is 85.2 cm³/mol. The van der Waals surface area contributed by atoms with Gasteiger partial charge in [-0.3, -0.25) is 9.59 Å². The van der Waals surface area contributed by atoms with Gasteiger partial charge in [-0.2, -0.15) is 0 Å². The molecule has 3 N–H and O–H groups in total. The van der Waals surface area contributed by atoms with Crippen molar-refractivity contribution in [3.8, 4) is 0 Å². The number of rotatable bonds is 1. The Kier molecular flexibility index (Phi) is 2.71. The number of aliphatic hydroxyl groups is 2. The number of aliphatic carboxylic acids is 1. The van der Waals surface area contributed by atoms with Crippen LogP contribution in [0, 0.1) is 34.5 Å². The van der Waals surface area contributed by atoms with E-state index in [0.717, 1.165) is 24.8 Å². The Morgan fingerprint density at radius 3 is 2.68 bits per heavy atom. The minimum atomic E-state index is -1.27. The molecule has 5 aliphatic rings. The first-order chi connectivity index (χ1) is 11.7. The maximum absolute atomic E-state index is 12.7. The normalized spacial score (nSPS) is 58.7. The van der Waals surface area contributed by atoms with E-state index in [0.29, 0.717) is 12.3 Å². The summed E-state index contributed by atoms with van der Waals surface area (Å²) in [6, 6.07) is 0. The molecule has 0 radical (unpaired) electrons. The number of aliphatic hydroxyl groups excluding tert-OH is 2. The second-order valence-electron chi connectivity index (χ2n) is 9.19. The first-order valence-corrected chi connectivity index (χ1v) is 9.19. The number of hydrogen-bond donors (Lipinski definition) is 3. The molecule has 1 spiro atoms. The summed E-state index contributed by atoms with van der Waals surface area (Å²) < 4.78 is 5.87. The van der Waals surface area contributed by atoms with Crippen molar-refractivity contribution in [3.05, 3.63) is 12.2 Å². The van der Waals surface area contributed by atoms with Crippen molar-refractivity contribution in [2.75, 3.05) is 0 Å². The average molecular weight is 348 g/mol. The Balaban J connectivity index is 1.78. The lowest BCUT2D eigenvalue weighted by molar-refractivity contribution is -0.177. The molecule has 4 aliphatic carbocycles. The molecule has 0 aromatic rings. The van der Waals surface area contributed by atoms with Crippen LogP contribution in [0.15, 0.2) is 12.2 Å². The fraction of sp³-hybridized carbons (Fsp3) is 0.789. The Morgan fingerprint density at radius 2 is 2.00 bits per heavy atom. The third-order valence-corrected chi connectivity index (χ3v) is 8.52. The summed E-state index contributed by atoms with van der Waals surface area (Å²) in [6.07, 6.45) is 0.937. The summed E-state index contributed by atoms with van der Waals surface area (Å²) >= 11 is 0. The van der Waals surface area contributed by atoms with E-state index in [1.54, 1.807) is 6.92 Å². The molecule has 0 aromatic carbocycles. The monoisotopic (exact) mass is 348 g/mol. The zero-order chi connectivity index (χ0) is 17.9. The van der Waals surface area contributed by atoms with E-state index in [1.807, 2.05) is 0 Å². The van der Waals surface area contributed by atoms with Gasteiger partial charge in [0, 0.05) is 18.3 Å². The van der Waals surface area contributed by atoms with Crippen LogP contribution < -0.4 is 0 Å². The largest absolute Gasteiger partial charge is 0.481 e. The molecule has 25 heavy (non-hydrogen) atoms. The lowest BCUT2D eigenvalue weighted by atomic mass is 9.58. The highest BCUT2D eigenvalue weighted by molar-refractivity contribution is 5.85. The first-order valence-electron chi connectivity index (χ1n) is 9.19. The van der Waals surface area contributed by atoms with E-state index in [1.165, 1.54) is 0 Å². The smallest absolute Gasteiger partial charge is 0.315 e. The van der Waals surface area contributed by atoms with Crippen molar-refractivity contribution < 1.29 is 29.6 Å². The van der Waals surface area contributed by atoms with Crippen molar-refractivity contribution in [2.45, 2.75) is 56.8 Å². The van der Waals surface area contributed by atoms with Crippen LogP contribution in [-0.4, -0.2) is 45.1 Å². The van der Waals surface area contributed by atoms with Crippen LogP contribution in [0.1, 0.15) is 39.0 Å². The van der Waals surface area contributed by atoms with E-state index in [4.69, 9.17) is 4.74 Å². The standard InChI is InChI=1S/C19H24O6/c1-8-6-18-7-9(8)3-4-10(18)19-12(21)5-11(20)17(2,16(24)25-19)14(19)13(18)15(22)23/h9-14,20-21H,1,3-7H2,2H3,(H,22,23)/t9-,10-,11+,12+,13-,14-,17-,18+,19+/m1/s1. The van der Waals surface area contributed by atoms with E-state index < -0.39 is 52.4 Å². The Bertz CT molecular complexity index is 717. The van der Waals surface area contributed by atoms with Gasteiger partial charge in [-0.1, -0.05) is 12.2 Å². The molecule has 0 unspecified atom stereocenters. The van der Waals surface area contributed by atoms with Gasteiger partial charge in [-0.05, 0) is 43.9 Å². The quantitative estimate of drug-likeness (QED) is 0.484. The number of carbonyl (C=O) groups is 2. The van der Waals surface area contributed by atoms with Crippen LogP contribution in [-0.2, 0) is 14.3 Å². The van der Waals surface area contributed by atoms with Gasteiger partial charge in [0.25, 0.3) is 0 Å². The highest BCUT2D eigenvalue weighted by Gasteiger charge is 2.85. The van der Waals surface area contributed by atoms with Gasteiger partial charge in [0.15, 0.2) is 0 Å². The molecule has 136 valence electrons. The number of ether oxygens (including phenoxy) is 1. The summed E-state index contributed by atoms with van der Waals surface area (Å²) in [6.45, 7) is 5.81. The summed E-state index contributed by atoms with van der Waals surface area (Å²) in [5.41, 5.74) is -1.88. The third kappa shape index (κ3) is 1.41. The lowest BCUT2D eigenvalue weighted by Crippen LogP contribution is -2.60. The van der Waals surface area contributed by atoms with E-state index in [-0.39, 0.29) is 12.3 Å². The molecule has 5 rings (SSSR count). The fourth-order valence-electron chi connectivity index (χ4n) is 7.63. The number of carboxylic acids is 1. The second-order valence-corrected chi connectivity index (χ2v) is 9.19. The van der Waals surface area contributed by atoms with Crippen molar-refractivity contribution in [2.24, 2.45) is 34.5 Å². The number of allylic oxidation sites excluding steroid dienone is 1. The Labute approximate surface area is 145 Å². The van der Waals surface area contributed by atoms with Crippen molar-refractivity contribution in [1.29, 1.82) is 0 Å². The van der Waals surface area contributed by atoms with Crippen LogP contribution in [0.5, 0.6) is 0 Å². The zero-order valence-electron chi connectivity index (χ0n) is 14.3. The van der Waals surface area contributed by atoms with E-state index in [9.17, 15) is 24.9 Å². The molecular formula is C19H24O6. The molecule has 1 heterocycles. The molecule has 4 saturated carbocycles. The van der Waals surface area contributed by atoms with Gasteiger partial charge in [0.2, 0.25) is 0 Å². The van der Waals surface area contributed by atoms with E-state index >= 15 is 0 Å². The molecule has 1 aliphatic heterocycles. The van der Waals surface area contributed by atoms with Gasteiger partial charge >= 0.3 is 11.9 Å². The van der Waals surface area contributed by atoms with Gasteiger partial charge in [-0.15, -0.1) is 0 Å². The zero-order valence-corrected chi connectivity index (χ0v) is 14.3. The molecule has 6 heteroatoms. The lowest BCUT2D eigenvalue weighted by Gasteiger charge is -2.47. The highest BCUT2D eigenvalue weighted by atomic mass is 16.6. The summed E-state index contributed by atoms with van der Waals surface area (Å²) in [5.74, 6) is -2.87. The van der Waals surface area contributed by atoms with Crippen molar-refractivity contribution >= 4 is 11.9 Å². The van der Waals surface area contributed by atoms with Crippen molar-refractivity contribution in [3.63, 3.8) is 0 Å². The third-order valence-electron chi connectivity index (χ3n) is 8.52. The van der Waals surface area contributed by atoms with Gasteiger partial charge in [0.1, 0.15) is 5.60 Å². The minimum Gasteiger partial charge on any atom is -0.481 e. The molecule has 9 atom stereocenters. The maximum atomic E-state index is 12.7. The van der Waals surface area contributed by atoms with Gasteiger partial charge in [0.05, 0.1) is 23.5 Å². The second kappa shape index (κ2) is 4.29. The molecule has 5 fully saturated rings. The number of fused-ring (bicyclic) bond motifs is 1. The van der Waals surface area contributed by atoms with E-state index in [2.05, 4.69) is 6.58 Å². The SMILES string of the molecule is C=C1C[C@]23C[C@H]1CC[C@H]2[C@@]12OC(=O)[C@@](C)([C@H]1[C@@H]3C(=O)O)[C@@H](O)C[C@@H]2O. The topological polar surface area (TPSA) is 104 Å². The van der Waals surface area contributed by atoms with Crippen LogP contribution in [0.4, 0.5) is 0 Å². The summed E-state index contributed by atoms with van der Waals surface area (Å²) in [7, 11) is 0. The molecule has 0 aromatic heterocycles. The van der Waals surface area contributed by atoms with Crippen molar-refractivity contribution in [1.82, 2.24) is 0 Å².